The second-order valence-corrected chi connectivity index (χ2v) is 10.1. The quantitative estimate of drug-likeness (QED) is 0.724. The smallest absolute Gasteiger partial charge is 0.407 e. The molecule has 1 amide bonds. The highest BCUT2D eigenvalue weighted by Crippen LogP contribution is 2.37. The maximum Gasteiger partial charge on any atom is 0.407 e. The number of hydrogen-bond acceptors (Lipinski definition) is 5. The number of nitrogens with zero attached hydrogens (tertiary/aromatic N) is 1. The van der Waals surface area contributed by atoms with Crippen LogP contribution in [0.5, 0.6) is 0 Å². The normalized spacial score (nSPS) is 24.1. The summed E-state index contributed by atoms with van der Waals surface area (Å²) < 4.78 is 48.2. The van der Waals surface area contributed by atoms with E-state index in [2.05, 4.69) is 0 Å². The lowest BCUT2D eigenvalue weighted by atomic mass is 9.88. The van der Waals surface area contributed by atoms with Crippen molar-refractivity contribution in [1.82, 2.24) is 4.90 Å². The van der Waals surface area contributed by atoms with Crippen molar-refractivity contribution < 1.29 is 31.6 Å². The van der Waals surface area contributed by atoms with Gasteiger partial charge < -0.3 is 14.7 Å². The van der Waals surface area contributed by atoms with Gasteiger partial charge in [-0.1, -0.05) is 38.4 Å². The summed E-state index contributed by atoms with van der Waals surface area (Å²) in [6.45, 7) is 5.50. The van der Waals surface area contributed by atoms with E-state index in [-0.39, 0.29) is 24.7 Å². The minimum Gasteiger partial charge on any atom is -0.465 e. The number of ether oxygens (including phenoxy) is 1. The molecule has 10 heteroatoms. The fraction of sp³-hybridized carbons (Fsp3) is 0.611. The van der Waals surface area contributed by atoms with Gasteiger partial charge in [-0.15, -0.1) is 0 Å². The van der Waals surface area contributed by atoms with E-state index < -0.39 is 45.6 Å². The molecule has 0 aliphatic carbocycles. The molecule has 0 saturated carbocycles. The van der Waals surface area contributed by atoms with Crippen LogP contribution >= 0.6 is 11.6 Å². The van der Waals surface area contributed by atoms with Crippen molar-refractivity contribution in [2.45, 2.75) is 33.0 Å². The van der Waals surface area contributed by atoms with Crippen molar-refractivity contribution in [3.05, 3.63) is 34.6 Å². The van der Waals surface area contributed by atoms with Crippen molar-refractivity contribution in [3.8, 4) is 0 Å². The number of benzene rings is 1. The van der Waals surface area contributed by atoms with Crippen LogP contribution in [0.25, 0.3) is 0 Å². The molecule has 1 aliphatic rings. The monoisotopic (exact) mass is 437 g/mol. The van der Waals surface area contributed by atoms with Gasteiger partial charge in [-0.25, -0.2) is 9.18 Å². The molecule has 0 spiro atoms. The summed E-state index contributed by atoms with van der Waals surface area (Å²) in [5.41, 5.74) is 0.0224. The van der Waals surface area contributed by atoms with Gasteiger partial charge >= 0.3 is 6.09 Å². The molecule has 1 unspecified atom stereocenters. The summed E-state index contributed by atoms with van der Waals surface area (Å²) in [6, 6.07) is 4.19. The zero-order valence-electron chi connectivity index (χ0n) is 16.2. The summed E-state index contributed by atoms with van der Waals surface area (Å²) >= 11 is 5.77. The second-order valence-electron chi connectivity index (χ2n) is 8.02. The molecule has 158 valence electrons. The molecule has 1 aromatic carbocycles. The average molecular weight is 438 g/mol. The molecule has 2 rings (SSSR count). The molecule has 7 nitrogen and oxygen atoms in total. The van der Waals surface area contributed by atoms with Gasteiger partial charge in [-0.3, -0.25) is 4.18 Å². The summed E-state index contributed by atoms with van der Waals surface area (Å²) in [7, 11) is -3.75. The number of amides is 1. The summed E-state index contributed by atoms with van der Waals surface area (Å²) in [5, 5.41) is 9.51. The zero-order chi connectivity index (χ0) is 21.3. The maximum absolute atomic E-state index is 14.1. The highest BCUT2D eigenvalue weighted by atomic mass is 35.5. The molecule has 3 atom stereocenters. The van der Waals surface area contributed by atoms with E-state index in [1.807, 2.05) is 20.8 Å². The van der Waals surface area contributed by atoms with Crippen molar-refractivity contribution in [1.29, 1.82) is 0 Å². The Kier molecular flexibility index (Phi) is 6.96. The lowest BCUT2D eigenvalue weighted by Gasteiger charge is -2.34. The minimum atomic E-state index is -3.75. The predicted molar refractivity (Wildman–Crippen MR) is 102 cm³/mol. The Morgan fingerprint density at radius 3 is 2.54 bits per heavy atom. The van der Waals surface area contributed by atoms with E-state index in [1.54, 1.807) is 6.07 Å². The number of halogens is 2. The third-order valence-electron chi connectivity index (χ3n) is 4.58. The molecule has 1 fully saturated rings. The van der Waals surface area contributed by atoms with Crippen LogP contribution in [0.4, 0.5) is 9.18 Å². The highest BCUT2D eigenvalue weighted by molar-refractivity contribution is 7.85. The Hall–Kier alpha value is -1.42. The first kappa shape index (κ1) is 22.9. The fourth-order valence-electron chi connectivity index (χ4n) is 3.01. The summed E-state index contributed by atoms with van der Waals surface area (Å²) in [4.78, 5) is 12.9. The van der Waals surface area contributed by atoms with Gasteiger partial charge in [0.25, 0.3) is 10.1 Å². The lowest BCUT2D eigenvalue weighted by molar-refractivity contribution is -0.0813. The van der Waals surface area contributed by atoms with E-state index in [0.717, 1.165) is 6.26 Å². The standard InChI is InChI=1S/C18H25ClFNO6S/c1-18(2,3)15-9-21(17(22)23)8-12(10-26-28(4,24)25)16(27-15)11-5-6-13(19)14(20)7-11/h5-7,12,15-16H,8-10H2,1-4H3,(H,22,23)/t12-,15?,16-/m0/s1. The predicted octanol–water partition coefficient (Wildman–Crippen LogP) is 3.54. The molecule has 0 aromatic heterocycles. The van der Waals surface area contributed by atoms with Crippen molar-refractivity contribution in [3.63, 3.8) is 0 Å². The first-order valence-electron chi connectivity index (χ1n) is 8.70. The van der Waals surface area contributed by atoms with Crippen LogP contribution < -0.4 is 0 Å². The number of rotatable bonds is 4. The number of hydrogen-bond donors (Lipinski definition) is 1. The van der Waals surface area contributed by atoms with Gasteiger partial charge in [-0.2, -0.15) is 8.42 Å². The molecule has 1 aromatic rings. The molecular formula is C18H25ClFNO6S. The van der Waals surface area contributed by atoms with Gasteiger partial charge in [0.2, 0.25) is 0 Å². The van der Waals surface area contributed by atoms with Gasteiger partial charge in [0.15, 0.2) is 0 Å². The summed E-state index contributed by atoms with van der Waals surface area (Å²) in [5.74, 6) is -1.31. The number of carbonyl (C=O) groups is 1. The molecule has 28 heavy (non-hydrogen) atoms. The molecule has 1 aliphatic heterocycles. The van der Waals surface area contributed by atoms with Crippen LogP contribution in [-0.4, -0.2) is 56.6 Å². The minimum absolute atomic E-state index is 0.0215. The van der Waals surface area contributed by atoms with Crippen LogP contribution in [0.1, 0.15) is 32.4 Å². The Morgan fingerprint density at radius 2 is 2.04 bits per heavy atom. The van der Waals surface area contributed by atoms with Gasteiger partial charge in [0.1, 0.15) is 5.82 Å². The second kappa shape index (κ2) is 8.52. The van der Waals surface area contributed by atoms with Crippen molar-refractivity contribution in [2.24, 2.45) is 11.3 Å². The fourth-order valence-corrected chi connectivity index (χ4v) is 3.55. The van der Waals surface area contributed by atoms with Crippen molar-refractivity contribution >= 4 is 27.8 Å². The Labute approximate surface area is 169 Å². The lowest BCUT2D eigenvalue weighted by Crippen LogP contribution is -2.42. The van der Waals surface area contributed by atoms with E-state index in [9.17, 15) is 22.7 Å². The maximum atomic E-state index is 14.1. The Morgan fingerprint density at radius 1 is 1.39 bits per heavy atom. The summed E-state index contributed by atoms with van der Waals surface area (Å²) in [6.07, 6.45) is -1.52. The van der Waals surface area contributed by atoms with E-state index in [0.29, 0.717) is 5.56 Å². The van der Waals surface area contributed by atoms with Crippen molar-refractivity contribution in [2.75, 3.05) is 26.0 Å². The topological polar surface area (TPSA) is 93.1 Å². The molecular weight excluding hydrogens is 413 g/mol. The van der Waals surface area contributed by atoms with Crippen LogP contribution in [0.3, 0.4) is 0 Å². The highest BCUT2D eigenvalue weighted by Gasteiger charge is 2.40. The van der Waals surface area contributed by atoms with Crippen LogP contribution in [-0.2, 0) is 19.0 Å². The SMILES string of the molecule is CC(C)(C)C1CN(C(=O)O)C[C@@H](COS(C)(=O)=O)[C@H](c2ccc(Cl)c(F)c2)O1. The van der Waals surface area contributed by atoms with Crippen LogP contribution in [0, 0.1) is 17.2 Å². The zero-order valence-corrected chi connectivity index (χ0v) is 17.8. The first-order chi connectivity index (χ1) is 12.8. The van der Waals surface area contributed by atoms with Crippen LogP contribution in [0.15, 0.2) is 18.2 Å². The Bertz CT molecular complexity index is 826. The molecule has 0 bridgehead atoms. The average Bonchev–Trinajstić information content (AvgIpc) is 2.74. The number of carboxylic acid groups (broad SMARTS) is 1. The van der Waals surface area contributed by atoms with Gasteiger partial charge in [0, 0.05) is 12.5 Å². The Balaban J connectivity index is 2.47. The van der Waals surface area contributed by atoms with Gasteiger partial charge in [0.05, 0.1) is 36.6 Å². The molecule has 1 heterocycles. The molecule has 1 saturated heterocycles. The third-order valence-corrected chi connectivity index (χ3v) is 5.46. The van der Waals surface area contributed by atoms with Gasteiger partial charge in [-0.05, 0) is 23.1 Å². The van der Waals surface area contributed by atoms with Crippen LogP contribution in [0.2, 0.25) is 5.02 Å². The molecule has 0 radical (unpaired) electrons. The molecule has 1 N–H and O–H groups in total. The third kappa shape index (κ3) is 6.04. The van der Waals surface area contributed by atoms with E-state index in [4.69, 9.17) is 20.5 Å². The largest absolute Gasteiger partial charge is 0.465 e. The van der Waals surface area contributed by atoms with E-state index >= 15 is 0 Å². The van der Waals surface area contributed by atoms with E-state index in [1.165, 1.54) is 17.0 Å². The first-order valence-corrected chi connectivity index (χ1v) is 10.9.